The van der Waals surface area contributed by atoms with E-state index in [4.69, 9.17) is 4.74 Å². The van der Waals surface area contributed by atoms with Gasteiger partial charge in [-0.1, -0.05) is 67.0 Å². The van der Waals surface area contributed by atoms with Crippen molar-refractivity contribution >= 4 is 0 Å². The Morgan fingerprint density at radius 3 is 2.11 bits per heavy atom. The number of ether oxygens (including phenoxy) is 1. The molecule has 0 spiro atoms. The largest absolute Gasteiger partial charge is 0.493 e. The first-order valence-corrected chi connectivity index (χ1v) is 7.23. The Bertz CT molecular complexity index is 405. The van der Waals surface area contributed by atoms with E-state index in [1.807, 2.05) is 0 Å². The van der Waals surface area contributed by atoms with Gasteiger partial charge in [0.1, 0.15) is 5.75 Å². The number of hydrogen-bond acceptors (Lipinski definition) is 1. The van der Waals surface area contributed by atoms with E-state index in [2.05, 4.69) is 66.7 Å². The van der Waals surface area contributed by atoms with E-state index >= 15 is 0 Å². The zero-order valence-corrected chi connectivity index (χ0v) is 13.5. The van der Waals surface area contributed by atoms with Gasteiger partial charge in [-0.05, 0) is 34.4 Å². The van der Waals surface area contributed by atoms with Gasteiger partial charge in [-0.2, -0.15) is 0 Å². The van der Waals surface area contributed by atoms with Gasteiger partial charge in [0.05, 0.1) is 6.61 Å². The Kier molecular flexibility index (Phi) is 5.06. The molecule has 1 nitrogen and oxygen atoms in total. The SMILES string of the molecule is [CH2]CCCOc1ccc(C(C)(C)C)cc1C(C)(C)C. The fraction of sp³-hybridized carbons (Fsp3) is 0.611. The maximum absolute atomic E-state index is 5.93. The molecule has 0 aliphatic carbocycles. The Hall–Kier alpha value is -0.980. The Morgan fingerprint density at radius 1 is 1.00 bits per heavy atom. The van der Waals surface area contributed by atoms with Gasteiger partial charge in [-0.25, -0.2) is 0 Å². The number of hydrogen-bond donors (Lipinski definition) is 0. The van der Waals surface area contributed by atoms with Crippen LogP contribution in [0.2, 0.25) is 0 Å². The highest BCUT2D eigenvalue weighted by molar-refractivity contribution is 5.43. The molecular formula is C18H29O. The summed E-state index contributed by atoms with van der Waals surface area (Å²) in [4.78, 5) is 0. The lowest BCUT2D eigenvalue weighted by molar-refractivity contribution is 0.303. The van der Waals surface area contributed by atoms with Gasteiger partial charge < -0.3 is 4.74 Å². The summed E-state index contributed by atoms with van der Waals surface area (Å²) in [6, 6.07) is 6.62. The molecule has 0 fully saturated rings. The van der Waals surface area contributed by atoms with Crippen LogP contribution in [0.3, 0.4) is 0 Å². The van der Waals surface area contributed by atoms with Gasteiger partial charge >= 0.3 is 0 Å². The van der Waals surface area contributed by atoms with Gasteiger partial charge in [0, 0.05) is 0 Å². The summed E-state index contributed by atoms with van der Waals surface area (Å²) < 4.78 is 5.93. The number of unbranched alkanes of at least 4 members (excludes halogenated alkanes) is 1. The normalized spacial score (nSPS) is 12.6. The van der Waals surface area contributed by atoms with E-state index in [1.165, 1.54) is 11.1 Å². The van der Waals surface area contributed by atoms with E-state index in [0.717, 1.165) is 25.2 Å². The molecular weight excluding hydrogens is 232 g/mol. The average Bonchev–Trinajstić information content (AvgIpc) is 2.27. The summed E-state index contributed by atoms with van der Waals surface area (Å²) >= 11 is 0. The molecule has 0 atom stereocenters. The number of benzene rings is 1. The van der Waals surface area contributed by atoms with Crippen molar-refractivity contribution in [2.45, 2.75) is 65.2 Å². The standard InChI is InChI=1S/C18H29O/c1-8-9-12-19-16-11-10-14(17(2,3)4)13-15(16)18(5,6)7/h10-11,13H,1,8-9,12H2,2-7H3. The smallest absolute Gasteiger partial charge is 0.123 e. The average molecular weight is 261 g/mol. The van der Waals surface area contributed by atoms with E-state index in [0.29, 0.717) is 0 Å². The molecule has 0 saturated heterocycles. The second kappa shape index (κ2) is 5.98. The molecule has 0 bridgehead atoms. The zero-order chi connectivity index (χ0) is 14.7. The molecule has 1 radical (unpaired) electrons. The Labute approximate surface area is 119 Å². The summed E-state index contributed by atoms with van der Waals surface area (Å²) in [6.07, 6.45) is 1.93. The van der Waals surface area contributed by atoms with Crippen molar-refractivity contribution in [3.05, 3.63) is 36.2 Å². The van der Waals surface area contributed by atoms with Crippen LogP contribution in [0.15, 0.2) is 18.2 Å². The second-order valence-electron chi connectivity index (χ2n) is 7.27. The lowest BCUT2D eigenvalue weighted by atomic mass is 9.80. The fourth-order valence-corrected chi connectivity index (χ4v) is 1.99. The van der Waals surface area contributed by atoms with Crippen LogP contribution in [0.4, 0.5) is 0 Å². The Morgan fingerprint density at radius 2 is 1.63 bits per heavy atom. The monoisotopic (exact) mass is 261 g/mol. The van der Waals surface area contributed by atoms with Crippen LogP contribution in [-0.4, -0.2) is 6.61 Å². The van der Waals surface area contributed by atoms with Gasteiger partial charge in [-0.3, -0.25) is 0 Å². The molecule has 1 rings (SSSR count). The molecule has 0 aliphatic rings. The van der Waals surface area contributed by atoms with Crippen LogP contribution in [0.25, 0.3) is 0 Å². The third-order valence-electron chi connectivity index (χ3n) is 3.31. The maximum Gasteiger partial charge on any atom is 0.123 e. The second-order valence-corrected chi connectivity index (χ2v) is 7.27. The highest BCUT2D eigenvalue weighted by Crippen LogP contribution is 2.35. The van der Waals surface area contributed by atoms with Crippen molar-refractivity contribution in [2.24, 2.45) is 0 Å². The molecule has 0 aromatic heterocycles. The van der Waals surface area contributed by atoms with Crippen LogP contribution >= 0.6 is 0 Å². The summed E-state index contributed by atoms with van der Waals surface area (Å²) in [5.41, 5.74) is 2.93. The molecule has 0 amide bonds. The van der Waals surface area contributed by atoms with Gasteiger partial charge in [-0.15, -0.1) is 0 Å². The molecule has 0 saturated carbocycles. The van der Waals surface area contributed by atoms with E-state index in [9.17, 15) is 0 Å². The minimum absolute atomic E-state index is 0.0983. The predicted octanol–water partition coefficient (Wildman–Crippen LogP) is 5.27. The highest BCUT2D eigenvalue weighted by atomic mass is 16.5. The minimum Gasteiger partial charge on any atom is -0.493 e. The molecule has 0 heterocycles. The highest BCUT2D eigenvalue weighted by Gasteiger charge is 2.22. The molecule has 19 heavy (non-hydrogen) atoms. The molecule has 0 unspecified atom stereocenters. The summed E-state index contributed by atoms with van der Waals surface area (Å²) in [5, 5.41) is 0. The van der Waals surface area contributed by atoms with Crippen LogP contribution < -0.4 is 4.74 Å². The number of rotatable bonds is 4. The maximum atomic E-state index is 5.93. The van der Waals surface area contributed by atoms with Crippen LogP contribution in [0.5, 0.6) is 5.75 Å². The molecule has 1 aromatic carbocycles. The topological polar surface area (TPSA) is 9.23 Å². The lowest BCUT2D eigenvalue weighted by Crippen LogP contribution is -2.17. The third kappa shape index (κ3) is 4.56. The summed E-state index contributed by atoms with van der Waals surface area (Å²) in [5.74, 6) is 1.02. The molecule has 1 heteroatoms. The minimum atomic E-state index is 0.0983. The van der Waals surface area contributed by atoms with Crippen molar-refractivity contribution in [3.8, 4) is 5.75 Å². The first-order valence-electron chi connectivity index (χ1n) is 7.23. The van der Waals surface area contributed by atoms with Crippen LogP contribution in [0.1, 0.15) is 65.5 Å². The molecule has 107 valence electrons. The van der Waals surface area contributed by atoms with Gasteiger partial charge in [0.25, 0.3) is 0 Å². The molecule has 0 N–H and O–H groups in total. The van der Waals surface area contributed by atoms with Gasteiger partial charge in [0.15, 0.2) is 0 Å². The van der Waals surface area contributed by atoms with Crippen molar-refractivity contribution in [3.63, 3.8) is 0 Å². The van der Waals surface area contributed by atoms with Crippen molar-refractivity contribution in [2.75, 3.05) is 6.61 Å². The molecule has 0 aliphatic heterocycles. The van der Waals surface area contributed by atoms with Crippen LogP contribution in [0, 0.1) is 6.92 Å². The van der Waals surface area contributed by atoms with E-state index < -0.39 is 0 Å². The van der Waals surface area contributed by atoms with Crippen molar-refractivity contribution in [1.29, 1.82) is 0 Å². The Balaban J connectivity index is 3.11. The lowest BCUT2D eigenvalue weighted by Gasteiger charge is -2.27. The third-order valence-corrected chi connectivity index (χ3v) is 3.31. The predicted molar refractivity (Wildman–Crippen MR) is 83.9 cm³/mol. The summed E-state index contributed by atoms with van der Waals surface area (Å²) in [7, 11) is 0. The first-order chi connectivity index (χ1) is 8.66. The zero-order valence-electron chi connectivity index (χ0n) is 13.5. The van der Waals surface area contributed by atoms with E-state index in [-0.39, 0.29) is 10.8 Å². The summed E-state index contributed by atoms with van der Waals surface area (Å²) in [6.45, 7) is 18.1. The quantitative estimate of drug-likeness (QED) is 0.670. The molecule has 1 aromatic rings. The fourth-order valence-electron chi connectivity index (χ4n) is 1.99. The van der Waals surface area contributed by atoms with Crippen molar-refractivity contribution < 1.29 is 4.74 Å². The van der Waals surface area contributed by atoms with Crippen molar-refractivity contribution in [1.82, 2.24) is 0 Å². The first kappa shape index (κ1) is 16.1. The van der Waals surface area contributed by atoms with E-state index in [1.54, 1.807) is 0 Å². The van der Waals surface area contributed by atoms with Crippen LogP contribution in [-0.2, 0) is 10.8 Å². The van der Waals surface area contributed by atoms with Gasteiger partial charge in [0.2, 0.25) is 0 Å².